The number of urea groups is 1. The summed E-state index contributed by atoms with van der Waals surface area (Å²) in [6.45, 7) is 1.49. The van der Waals surface area contributed by atoms with Gasteiger partial charge in [-0.05, 0) is 30.2 Å². The van der Waals surface area contributed by atoms with E-state index in [-0.39, 0.29) is 16.8 Å². The maximum absolute atomic E-state index is 13.3. The molecule has 126 valence electrons. The van der Waals surface area contributed by atoms with Crippen LogP contribution in [0.2, 0.25) is 0 Å². The van der Waals surface area contributed by atoms with Crippen molar-refractivity contribution in [3.8, 4) is 11.1 Å². The quantitative estimate of drug-likeness (QED) is 0.793. The molecule has 0 fully saturated rings. The second-order valence-electron chi connectivity index (χ2n) is 5.02. The smallest absolute Gasteiger partial charge is 0.417 e. The van der Waals surface area contributed by atoms with Crippen molar-refractivity contribution >= 4 is 17.7 Å². The molecule has 5 nitrogen and oxygen atoms in total. The standard InChI is InChI=1S/C16H13F3N2O3/c1-8-6-7-11(21-15(20)24)13(14(22)23)12(8)9-4-2-3-5-10(9)16(17,18)19/h2-7H,1H3,(H,22,23)(H3,20,21,24). The van der Waals surface area contributed by atoms with E-state index in [4.69, 9.17) is 5.73 Å². The van der Waals surface area contributed by atoms with Gasteiger partial charge in [0.15, 0.2) is 0 Å². The number of hydrogen-bond acceptors (Lipinski definition) is 2. The van der Waals surface area contributed by atoms with Crippen molar-refractivity contribution in [3.05, 3.63) is 53.1 Å². The molecule has 0 heterocycles. The molecule has 0 spiro atoms. The maximum atomic E-state index is 13.3. The van der Waals surface area contributed by atoms with Gasteiger partial charge in [0.1, 0.15) is 0 Å². The van der Waals surface area contributed by atoms with E-state index in [0.717, 1.165) is 6.07 Å². The number of nitrogens with two attached hydrogens (primary N) is 1. The van der Waals surface area contributed by atoms with Crippen LogP contribution in [0.25, 0.3) is 11.1 Å². The molecule has 8 heteroatoms. The number of carbonyl (C=O) groups excluding carboxylic acids is 1. The first-order valence-electron chi connectivity index (χ1n) is 6.73. The van der Waals surface area contributed by atoms with Crippen molar-refractivity contribution in [3.63, 3.8) is 0 Å². The average Bonchev–Trinajstić information content (AvgIpc) is 2.47. The van der Waals surface area contributed by atoms with Crippen LogP contribution in [0.15, 0.2) is 36.4 Å². The minimum Gasteiger partial charge on any atom is -0.478 e. The number of rotatable bonds is 3. The summed E-state index contributed by atoms with van der Waals surface area (Å²) in [5.74, 6) is -1.48. The summed E-state index contributed by atoms with van der Waals surface area (Å²) in [5.41, 5.74) is 3.31. The Hall–Kier alpha value is -3.03. The summed E-state index contributed by atoms with van der Waals surface area (Å²) in [7, 11) is 0. The fourth-order valence-electron chi connectivity index (χ4n) is 2.46. The number of hydrogen-bond donors (Lipinski definition) is 3. The normalized spacial score (nSPS) is 11.2. The van der Waals surface area contributed by atoms with Gasteiger partial charge in [-0.15, -0.1) is 0 Å². The zero-order valence-electron chi connectivity index (χ0n) is 12.4. The first-order valence-corrected chi connectivity index (χ1v) is 6.73. The van der Waals surface area contributed by atoms with Crippen LogP contribution in [-0.2, 0) is 6.18 Å². The number of carboxylic acids is 1. The molecule has 0 aliphatic heterocycles. The summed E-state index contributed by atoms with van der Waals surface area (Å²) >= 11 is 0. The number of carbonyl (C=O) groups is 2. The largest absolute Gasteiger partial charge is 0.478 e. The van der Waals surface area contributed by atoms with Crippen LogP contribution < -0.4 is 11.1 Å². The molecule has 0 bridgehead atoms. The molecule has 0 aliphatic rings. The highest BCUT2D eigenvalue weighted by Crippen LogP contribution is 2.41. The molecule has 0 atom stereocenters. The monoisotopic (exact) mass is 338 g/mol. The van der Waals surface area contributed by atoms with E-state index in [1.54, 1.807) is 0 Å². The molecule has 2 amide bonds. The summed E-state index contributed by atoms with van der Waals surface area (Å²) in [5, 5.41) is 11.6. The van der Waals surface area contributed by atoms with E-state index in [9.17, 15) is 27.9 Å². The van der Waals surface area contributed by atoms with Crippen LogP contribution in [0.3, 0.4) is 0 Å². The van der Waals surface area contributed by atoms with Crippen LogP contribution in [0.1, 0.15) is 21.5 Å². The summed E-state index contributed by atoms with van der Waals surface area (Å²) in [6.07, 6.45) is -4.66. The number of amides is 2. The third-order valence-electron chi connectivity index (χ3n) is 3.39. The van der Waals surface area contributed by atoms with E-state index in [1.165, 1.54) is 37.3 Å². The summed E-state index contributed by atoms with van der Waals surface area (Å²) in [6, 6.07) is 6.33. The number of aryl methyl sites for hydroxylation is 1. The molecular weight excluding hydrogens is 325 g/mol. The zero-order chi connectivity index (χ0) is 18.1. The lowest BCUT2D eigenvalue weighted by atomic mass is 9.90. The Morgan fingerprint density at radius 3 is 2.29 bits per heavy atom. The Morgan fingerprint density at radius 1 is 1.12 bits per heavy atom. The lowest BCUT2D eigenvalue weighted by molar-refractivity contribution is -0.137. The van der Waals surface area contributed by atoms with Gasteiger partial charge in [-0.1, -0.05) is 24.3 Å². The van der Waals surface area contributed by atoms with Crippen molar-refractivity contribution in [2.24, 2.45) is 5.73 Å². The van der Waals surface area contributed by atoms with Crippen molar-refractivity contribution in [1.29, 1.82) is 0 Å². The van der Waals surface area contributed by atoms with Gasteiger partial charge >= 0.3 is 18.2 Å². The maximum Gasteiger partial charge on any atom is 0.417 e. The first-order chi connectivity index (χ1) is 11.1. The molecule has 2 aromatic rings. The molecule has 0 unspecified atom stereocenters. The van der Waals surface area contributed by atoms with Crippen molar-refractivity contribution in [1.82, 2.24) is 0 Å². The fourth-order valence-corrected chi connectivity index (χ4v) is 2.46. The van der Waals surface area contributed by atoms with Gasteiger partial charge < -0.3 is 16.2 Å². The van der Waals surface area contributed by atoms with Crippen LogP contribution in [-0.4, -0.2) is 17.1 Å². The number of alkyl halides is 3. The first kappa shape index (κ1) is 17.3. The molecule has 0 saturated carbocycles. The summed E-state index contributed by atoms with van der Waals surface area (Å²) in [4.78, 5) is 22.7. The molecule has 0 aliphatic carbocycles. The Morgan fingerprint density at radius 2 is 1.75 bits per heavy atom. The number of aromatic carboxylic acids is 1. The SMILES string of the molecule is Cc1ccc(NC(N)=O)c(C(=O)O)c1-c1ccccc1C(F)(F)F. The second kappa shape index (κ2) is 6.23. The van der Waals surface area contributed by atoms with Crippen LogP contribution in [0.5, 0.6) is 0 Å². The van der Waals surface area contributed by atoms with Gasteiger partial charge in [-0.25, -0.2) is 9.59 Å². The molecule has 0 radical (unpaired) electrons. The zero-order valence-corrected chi connectivity index (χ0v) is 12.4. The highest BCUT2D eigenvalue weighted by Gasteiger charge is 2.35. The molecule has 4 N–H and O–H groups in total. The van der Waals surface area contributed by atoms with Crippen LogP contribution in [0, 0.1) is 6.92 Å². The van der Waals surface area contributed by atoms with E-state index in [2.05, 4.69) is 5.32 Å². The Labute approximate surface area is 134 Å². The molecule has 24 heavy (non-hydrogen) atoms. The van der Waals surface area contributed by atoms with Gasteiger partial charge in [0, 0.05) is 5.56 Å². The molecule has 2 aromatic carbocycles. The minimum absolute atomic E-state index is 0.123. The molecular formula is C16H13F3N2O3. The molecule has 0 saturated heterocycles. The fraction of sp³-hybridized carbons (Fsp3) is 0.125. The van der Waals surface area contributed by atoms with E-state index in [1.807, 2.05) is 0 Å². The second-order valence-corrected chi connectivity index (χ2v) is 5.02. The van der Waals surface area contributed by atoms with E-state index in [0.29, 0.717) is 5.56 Å². The van der Waals surface area contributed by atoms with Crippen molar-refractivity contribution in [2.75, 3.05) is 5.32 Å². The lowest BCUT2D eigenvalue weighted by Gasteiger charge is -2.18. The predicted octanol–water partition coefficient (Wildman–Crippen LogP) is 3.87. The van der Waals surface area contributed by atoms with Crippen LogP contribution in [0.4, 0.5) is 23.7 Å². The van der Waals surface area contributed by atoms with Crippen molar-refractivity contribution < 1.29 is 27.9 Å². The third kappa shape index (κ3) is 3.32. The van der Waals surface area contributed by atoms with Gasteiger partial charge in [0.05, 0.1) is 16.8 Å². The number of anilines is 1. The third-order valence-corrected chi connectivity index (χ3v) is 3.39. The summed E-state index contributed by atoms with van der Waals surface area (Å²) < 4.78 is 39.8. The Kier molecular flexibility index (Phi) is 4.50. The Balaban J connectivity index is 2.85. The van der Waals surface area contributed by atoms with E-state index >= 15 is 0 Å². The molecule has 0 aromatic heterocycles. The predicted molar refractivity (Wildman–Crippen MR) is 81.8 cm³/mol. The minimum atomic E-state index is -4.66. The highest BCUT2D eigenvalue weighted by molar-refractivity contribution is 6.06. The van der Waals surface area contributed by atoms with Crippen molar-refractivity contribution in [2.45, 2.75) is 13.1 Å². The van der Waals surface area contributed by atoms with E-state index < -0.39 is 29.3 Å². The molecule has 2 rings (SSSR count). The number of carboxylic acid groups (broad SMARTS) is 1. The van der Waals surface area contributed by atoms with Gasteiger partial charge in [0.2, 0.25) is 0 Å². The Bertz CT molecular complexity index is 817. The van der Waals surface area contributed by atoms with Gasteiger partial charge in [0.25, 0.3) is 0 Å². The number of nitrogens with one attached hydrogen (secondary N) is 1. The topological polar surface area (TPSA) is 92.4 Å². The van der Waals surface area contributed by atoms with Gasteiger partial charge in [-0.3, -0.25) is 0 Å². The average molecular weight is 338 g/mol. The van der Waals surface area contributed by atoms with Gasteiger partial charge in [-0.2, -0.15) is 13.2 Å². The van der Waals surface area contributed by atoms with Crippen LogP contribution >= 0.6 is 0 Å². The number of halogens is 3. The number of benzene rings is 2. The highest BCUT2D eigenvalue weighted by atomic mass is 19.4. The number of primary amides is 1. The lowest BCUT2D eigenvalue weighted by Crippen LogP contribution is -2.21.